The lowest BCUT2D eigenvalue weighted by Crippen LogP contribution is -2.30. The van der Waals surface area contributed by atoms with Crippen LogP contribution in [0.15, 0.2) is 0 Å². The van der Waals surface area contributed by atoms with Gasteiger partial charge in [-0.05, 0) is 23.5 Å². The number of rotatable bonds is 18. The van der Waals surface area contributed by atoms with Crippen molar-refractivity contribution in [2.24, 2.45) is 11.8 Å². The van der Waals surface area contributed by atoms with Crippen LogP contribution < -0.4 is 9.47 Å². The number of phenols is 2. The van der Waals surface area contributed by atoms with Crippen molar-refractivity contribution < 1.29 is 88.7 Å². The maximum atomic E-state index is 13.3. The van der Waals surface area contributed by atoms with E-state index in [1.165, 1.54) is 6.92 Å². The van der Waals surface area contributed by atoms with Gasteiger partial charge in [0.15, 0.2) is 17.3 Å². The fraction of sp³-hybridized carbons (Fsp3) is 0.333. The number of ether oxygens (including phenoxy) is 2. The van der Waals surface area contributed by atoms with Crippen LogP contribution in [0.25, 0.3) is 10.8 Å². The molecule has 3 atom stereocenters. The molecule has 18 nitrogen and oxygen atoms in total. The average Bonchev–Trinajstić information content (AvgIpc) is 2.94. The number of Topliss-reactive ketones (excluding diaryl/α,β-unsaturated/α-hetero) is 2. The first kappa shape index (κ1) is 35.6. The fourth-order valence-electron chi connectivity index (χ4n) is 4.83. The molecule has 0 amide bonds. The van der Waals surface area contributed by atoms with Crippen LogP contribution in [0.2, 0.25) is 0 Å². The van der Waals surface area contributed by atoms with Crippen LogP contribution in [-0.2, 0) is 41.6 Å². The van der Waals surface area contributed by atoms with Gasteiger partial charge in [-0.15, -0.1) is 0 Å². The number of carbonyl (C=O) groups excluding carboxylic acids is 4. The number of aliphatic carboxylic acids is 2. The van der Waals surface area contributed by atoms with Gasteiger partial charge in [0.1, 0.15) is 17.1 Å². The first-order chi connectivity index (χ1) is 21.0. The number of aromatic carboxylic acids is 2. The molecular formula is C27H26O18. The maximum Gasteiger partial charge on any atom is 0.340 e. The van der Waals surface area contributed by atoms with Crippen molar-refractivity contribution >= 4 is 59.2 Å². The van der Waals surface area contributed by atoms with Gasteiger partial charge in [0.25, 0.3) is 12.9 Å². The number of hydrogen-bond donors (Lipinski definition) is 8. The molecule has 0 saturated heterocycles. The van der Waals surface area contributed by atoms with Gasteiger partial charge in [-0.3, -0.25) is 24.0 Å². The average molecular weight is 638 g/mol. The molecule has 2 rings (SSSR count). The summed E-state index contributed by atoms with van der Waals surface area (Å²) in [6, 6.07) is 0. The Hall–Kier alpha value is -5.62. The van der Waals surface area contributed by atoms with E-state index in [1.54, 1.807) is 0 Å². The monoisotopic (exact) mass is 638 g/mol. The number of aromatic hydroxyl groups is 2. The van der Waals surface area contributed by atoms with Crippen molar-refractivity contribution in [2.75, 3.05) is 6.61 Å². The van der Waals surface area contributed by atoms with Crippen LogP contribution in [0, 0.1) is 11.8 Å². The molecule has 0 spiro atoms. The Kier molecular flexibility index (Phi) is 11.6. The molecule has 0 aromatic heterocycles. The van der Waals surface area contributed by atoms with Crippen molar-refractivity contribution in [3.8, 4) is 23.0 Å². The largest absolute Gasteiger partial charge is 0.507 e. The number of fused-ring (bicyclic) bond motifs is 1. The first-order valence-corrected chi connectivity index (χ1v) is 12.6. The number of ketones is 2. The van der Waals surface area contributed by atoms with Gasteiger partial charge < -0.3 is 50.3 Å². The van der Waals surface area contributed by atoms with Crippen LogP contribution >= 0.6 is 0 Å². The molecule has 0 radical (unpaired) electrons. The Morgan fingerprint density at radius 3 is 1.78 bits per heavy atom. The fourth-order valence-corrected chi connectivity index (χ4v) is 4.83. The van der Waals surface area contributed by atoms with E-state index in [0.29, 0.717) is 0 Å². The normalized spacial score (nSPS) is 12.9. The Bertz CT molecular complexity index is 1590. The van der Waals surface area contributed by atoms with Gasteiger partial charge in [0, 0.05) is 36.0 Å². The summed E-state index contributed by atoms with van der Waals surface area (Å²) >= 11 is 0. The molecule has 0 bridgehead atoms. The molecular weight excluding hydrogens is 612 g/mol. The summed E-state index contributed by atoms with van der Waals surface area (Å²) in [5.41, 5.74) is -3.71. The summed E-state index contributed by atoms with van der Waals surface area (Å²) in [6.45, 7) is -0.338. The van der Waals surface area contributed by atoms with Crippen LogP contribution in [0.3, 0.4) is 0 Å². The van der Waals surface area contributed by atoms with Crippen molar-refractivity contribution in [2.45, 2.75) is 38.7 Å². The Morgan fingerprint density at radius 1 is 0.778 bits per heavy atom. The Balaban J connectivity index is 3.15. The lowest BCUT2D eigenvalue weighted by molar-refractivity contribution is -0.152. The summed E-state index contributed by atoms with van der Waals surface area (Å²) in [6.07, 6.45) is -6.03. The molecule has 3 unspecified atom stereocenters. The van der Waals surface area contributed by atoms with Crippen LogP contribution in [-0.4, -0.2) is 102 Å². The third kappa shape index (κ3) is 7.31. The summed E-state index contributed by atoms with van der Waals surface area (Å²) in [7, 11) is 0. The molecule has 18 heteroatoms. The zero-order valence-electron chi connectivity index (χ0n) is 23.1. The van der Waals surface area contributed by atoms with Crippen molar-refractivity contribution in [1.82, 2.24) is 0 Å². The third-order valence-corrected chi connectivity index (χ3v) is 6.89. The van der Waals surface area contributed by atoms with E-state index < -0.39 is 142 Å². The molecule has 8 N–H and O–H groups in total. The van der Waals surface area contributed by atoms with Gasteiger partial charge >= 0.3 is 23.9 Å². The van der Waals surface area contributed by atoms with Crippen LogP contribution in [0.5, 0.6) is 23.0 Å². The van der Waals surface area contributed by atoms with Crippen LogP contribution in [0.1, 0.15) is 51.6 Å². The molecule has 0 aliphatic heterocycles. The minimum Gasteiger partial charge on any atom is -0.507 e. The van der Waals surface area contributed by atoms with Crippen molar-refractivity contribution in [3.05, 3.63) is 22.3 Å². The molecule has 0 saturated carbocycles. The Labute approximate surface area is 250 Å². The predicted molar refractivity (Wildman–Crippen MR) is 142 cm³/mol. The van der Waals surface area contributed by atoms with E-state index in [1.807, 2.05) is 0 Å². The molecule has 0 aliphatic rings. The maximum absolute atomic E-state index is 13.3. The lowest BCUT2D eigenvalue weighted by atomic mass is 9.81. The standard InChI is InChI=1S/C27H26O18/c1-9(4-15(33)34)12(6-28)14(32)5-11-10(2-3-13(31)21(36)27(42)43)20(35)18-17(16(11)25(38)39)22(37)24(45-8-30)23(44-7-29)19(18)26(40)41/h7-9,12,21,28,35-37H,2-6H2,1H3,(H,33,34)(H,38,39)(H,40,41)(H,42,43). The van der Waals surface area contributed by atoms with E-state index in [0.717, 1.165) is 0 Å². The third-order valence-electron chi connectivity index (χ3n) is 6.89. The minimum absolute atomic E-state index is 0.349. The number of carboxylic acids is 4. The number of phenolic OH excluding ortho intramolecular Hbond substituents is 2. The SMILES string of the molecule is CC(CC(=O)O)C(CO)C(=O)Cc1c(CCC(=O)C(O)C(=O)O)c(O)c2c(C(=O)O)c(OC=O)c(OC=O)c(O)c2c1C(=O)O. The van der Waals surface area contributed by atoms with E-state index in [4.69, 9.17) is 10.2 Å². The summed E-state index contributed by atoms with van der Waals surface area (Å²) < 4.78 is 9.14. The van der Waals surface area contributed by atoms with Crippen molar-refractivity contribution in [1.29, 1.82) is 0 Å². The van der Waals surface area contributed by atoms with Gasteiger partial charge in [-0.2, -0.15) is 0 Å². The van der Waals surface area contributed by atoms with E-state index in [-0.39, 0.29) is 12.9 Å². The summed E-state index contributed by atoms with van der Waals surface area (Å²) in [5, 5.41) is 78.0. The molecule has 2 aromatic rings. The molecule has 2 aromatic carbocycles. The first-order valence-electron chi connectivity index (χ1n) is 12.6. The molecule has 0 heterocycles. The topological polar surface area (TPSA) is 317 Å². The van der Waals surface area contributed by atoms with Gasteiger partial charge in [0.2, 0.25) is 11.9 Å². The second-order valence-electron chi connectivity index (χ2n) is 9.57. The molecule has 0 aliphatic carbocycles. The number of benzene rings is 2. The Morgan fingerprint density at radius 2 is 1.31 bits per heavy atom. The highest BCUT2D eigenvalue weighted by Crippen LogP contribution is 2.52. The van der Waals surface area contributed by atoms with Crippen LogP contribution in [0.4, 0.5) is 0 Å². The lowest BCUT2D eigenvalue weighted by Gasteiger charge is -2.24. The number of carboxylic acid groups (broad SMARTS) is 4. The van der Waals surface area contributed by atoms with Crippen molar-refractivity contribution in [3.63, 3.8) is 0 Å². The highest BCUT2D eigenvalue weighted by Gasteiger charge is 2.37. The van der Waals surface area contributed by atoms with Gasteiger partial charge in [-0.1, -0.05) is 6.92 Å². The number of hydrogen-bond acceptors (Lipinski definition) is 14. The second-order valence-corrected chi connectivity index (χ2v) is 9.57. The molecule has 45 heavy (non-hydrogen) atoms. The zero-order valence-corrected chi connectivity index (χ0v) is 23.1. The zero-order chi connectivity index (χ0) is 34.3. The molecule has 0 fully saturated rings. The van der Waals surface area contributed by atoms with E-state index in [2.05, 4.69) is 9.47 Å². The summed E-state index contributed by atoms with van der Waals surface area (Å²) in [5.74, 6) is -17.1. The highest BCUT2D eigenvalue weighted by atomic mass is 16.6. The van der Waals surface area contributed by atoms with Gasteiger partial charge in [-0.25, -0.2) is 14.4 Å². The van der Waals surface area contributed by atoms with E-state index >= 15 is 0 Å². The summed E-state index contributed by atoms with van der Waals surface area (Å²) in [4.78, 5) is 95.2. The predicted octanol–water partition coefficient (Wildman–Crippen LogP) is -0.504. The quantitative estimate of drug-likeness (QED) is 0.0753. The second kappa shape index (κ2) is 14.7. The smallest absolute Gasteiger partial charge is 0.340 e. The number of aliphatic hydroxyl groups is 2. The van der Waals surface area contributed by atoms with E-state index in [9.17, 15) is 69.0 Å². The number of carbonyl (C=O) groups is 8. The van der Waals surface area contributed by atoms with Gasteiger partial charge in [0.05, 0.1) is 12.2 Å². The minimum atomic E-state index is -2.57. The molecule has 242 valence electrons. The highest BCUT2D eigenvalue weighted by molar-refractivity contribution is 6.19. The number of aliphatic hydroxyl groups excluding tert-OH is 2.